The number of nitrogens with zero attached hydrogens (tertiary/aromatic N) is 2. The molecular weight excluding hydrogens is 440 g/mol. The number of hydrogen-bond donors (Lipinski definition) is 0. The molecule has 1 saturated heterocycles. The smallest absolute Gasteiger partial charge is 0.271 e. The second-order valence-electron chi connectivity index (χ2n) is 7.39. The maximum atomic E-state index is 13.2. The summed E-state index contributed by atoms with van der Waals surface area (Å²) in [5.74, 6) is -0.967. The zero-order valence-corrected chi connectivity index (χ0v) is 18.0. The molecule has 1 atom stereocenters. The monoisotopic (exact) mass is 456 g/mol. The summed E-state index contributed by atoms with van der Waals surface area (Å²) in [4.78, 5) is 26.8. The molecule has 4 rings (SSSR count). The minimum atomic E-state index is -3.33. The number of amides is 2. The van der Waals surface area contributed by atoms with E-state index in [9.17, 15) is 23.3 Å². The van der Waals surface area contributed by atoms with E-state index in [1.165, 1.54) is 13.0 Å². The molecule has 0 radical (unpaired) electrons. The van der Waals surface area contributed by atoms with Crippen LogP contribution in [0.5, 0.6) is 0 Å². The standard InChI is InChI=1S/C22H17ClN2O5S/c1-13-17(10-15-6-7-20(30-15)16-4-2-3-5-19(16)23)21(26)25(22(27)18(13)11-24)14-8-9-31(28,29)12-14/h2-7,10,14H,8-9,12H2,1H3/b17-10-. The number of nitriles is 1. The van der Waals surface area contributed by atoms with E-state index in [2.05, 4.69) is 0 Å². The van der Waals surface area contributed by atoms with Crippen molar-refractivity contribution in [2.75, 3.05) is 11.5 Å². The minimum absolute atomic E-state index is 0.0995. The highest BCUT2D eigenvalue weighted by Crippen LogP contribution is 2.33. The van der Waals surface area contributed by atoms with Gasteiger partial charge in [-0.1, -0.05) is 23.7 Å². The lowest BCUT2D eigenvalue weighted by atomic mass is 9.93. The lowest BCUT2D eigenvalue weighted by Gasteiger charge is -2.31. The van der Waals surface area contributed by atoms with E-state index in [0.717, 1.165) is 4.90 Å². The van der Waals surface area contributed by atoms with Gasteiger partial charge in [-0.3, -0.25) is 14.5 Å². The molecule has 0 bridgehead atoms. The summed E-state index contributed by atoms with van der Waals surface area (Å²) in [6.45, 7) is 1.51. The first-order valence-corrected chi connectivity index (χ1v) is 11.7. The molecule has 158 valence electrons. The van der Waals surface area contributed by atoms with Crippen molar-refractivity contribution < 1.29 is 22.4 Å². The first-order valence-electron chi connectivity index (χ1n) is 9.48. The Hall–Kier alpha value is -3.15. The first-order chi connectivity index (χ1) is 14.7. The molecule has 2 aliphatic rings. The van der Waals surface area contributed by atoms with E-state index in [1.54, 1.807) is 30.3 Å². The van der Waals surface area contributed by atoms with Gasteiger partial charge in [0.1, 0.15) is 23.2 Å². The van der Waals surface area contributed by atoms with Gasteiger partial charge in [-0.15, -0.1) is 0 Å². The minimum Gasteiger partial charge on any atom is -0.457 e. The predicted molar refractivity (Wildman–Crippen MR) is 114 cm³/mol. The van der Waals surface area contributed by atoms with Crippen LogP contribution in [0.4, 0.5) is 0 Å². The molecule has 3 heterocycles. The van der Waals surface area contributed by atoms with Gasteiger partial charge in [-0.25, -0.2) is 8.42 Å². The van der Waals surface area contributed by atoms with Gasteiger partial charge in [0, 0.05) is 11.1 Å². The second-order valence-corrected chi connectivity index (χ2v) is 10.0. The molecule has 2 aliphatic heterocycles. The lowest BCUT2D eigenvalue weighted by Crippen LogP contribution is -2.49. The van der Waals surface area contributed by atoms with Gasteiger partial charge >= 0.3 is 0 Å². The highest BCUT2D eigenvalue weighted by molar-refractivity contribution is 7.91. The van der Waals surface area contributed by atoms with Gasteiger partial charge in [-0.2, -0.15) is 5.26 Å². The highest BCUT2D eigenvalue weighted by Gasteiger charge is 2.43. The summed E-state index contributed by atoms with van der Waals surface area (Å²) in [5.41, 5.74) is 0.834. The lowest BCUT2D eigenvalue weighted by molar-refractivity contribution is -0.142. The Morgan fingerprint density at radius 2 is 1.94 bits per heavy atom. The Kier molecular flexibility index (Phi) is 5.33. The molecule has 1 fully saturated rings. The summed E-state index contributed by atoms with van der Waals surface area (Å²) in [6.07, 6.45) is 1.61. The topological polar surface area (TPSA) is 108 Å². The maximum Gasteiger partial charge on any atom is 0.271 e. The third-order valence-electron chi connectivity index (χ3n) is 5.40. The fourth-order valence-electron chi connectivity index (χ4n) is 3.79. The number of halogens is 1. The average Bonchev–Trinajstić information content (AvgIpc) is 3.32. The second kappa shape index (κ2) is 7.84. The predicted octanol–water partition coefficient (Wildman–Crippen LogP) is 3.38. The molecule has 0 aliphatic carbocycles. The number of rotatable bonds is 3. The molecule has 1 aromatic heterocycles. The number of benzene rings is 1. The van der Waals surface area contributed by atoms with Crippen LogP contribution in [0.1, 0.15) is 19.1 Å². The van der Waals surface area contributed by atoms with Crippen LogP contribution in [0.3, 0.4) is 0 Å². The third kappa shape index (κ3) is 3.82. The molecule has 2 aromatic rings. The van der Waals surface area contributed by atoms with Crippen LogP contribution in [0.25, 0.3) is 17.4 Å². The van der Waals surface area contributed by atoms with Gasteiger partial charge in [0.2, 0.25) is 0 Å². The fourth-order valence-corrected chi connectivity index (χ4v) is 5.72. The van der Waals surface area contributed by atoms with E-state index >= 15 is 0 Å². The number of carbonyl (C=O) groups is 2. The molecule has 7 nitrogen and oxygen atoms in total. The Morgan fingerprint density at radius 3 is 2.58 bits per heavy atom. The molecule has 31 heavy (non-hydrogen) atoms. The largest absolute Gasteiger partial charge is 0.457 e. The molecule has 0 N–H and O–H groups in total. The van der Waals surface area contributed by atoms with Crippen molar-refractivity contribution in [3.63, 3.8) is 0 Å². The zero-order valence-electron chi connectivity index (χ0n) is 16.5. The summed E-state index contributed by atoms with van der Waals surface area (Å²) < 4.78 is 29.6. The zero-order chi connectivity index (χ0) is 22.3. The number of carbonyl (C=O) groups excluding carboxylic acids is 2. The molecule has 0 saturated carbocycles. The van der Waals surface area contributed by atoms with Crippen LogP contribution < -0.4 is 0 Å². The molecule has 0 spiro atoms. The average molecular weight is 457 g/mol. The van der Waals surface area contributed by atoms with Gasteiger partial charge < -0.3 is 4.42 Å². The van der Waals surface area contributed by atoms with E-state index in [4.69, 9.17) is 16.0 Å². The van der Waals surface area contributed by atoms with E-state index in [0.29, 0.717) is 22.1 Å². The quantitative estimate of drug-likeness (QED) is 0.517. The summed E-state index contributed by atoms with van der Waals surface area (Å²) >= 11 is 6.21. The summed E-state index contributed by atoms with van der Waals surface area (Å²) in [6, 6.07) is 11.6. The Morgan fingerprint density at radius 1 is 1.19 bits per heavy atom. The summed E-state index contributed by atoms with van der Waals surface area (Å²) in [7, 11) is -3.33. The molecule has 2 amide bonds. The Balaban J connectivity index is 1.75. The van der Waals surface area contributed by atoms with Crippen molar-refractivity contribution in [3.05, 3.63) is 63.9 Å². The Bertz CT molecular complexity index is 1310. The van der Waals surface area contributed by atoms with E-state index < -0.39 is 27.7 Å². The SMILES string of the molecule is CC1=C(C#N)C(=O)N(C2CCS(=O)(=O)C2)C(=O)/C1=C\c1ccc(-c2ccccc2Cl)o1. The number of furan rings is 1. The highest BCUT2D eigenvalue weighted by atomic mass is 35.5. The first kappa shape index (κ1) is 21.1. The number of imide groups is 1. The van der Waals surface area contributed by atoms with Crippen LogP contribution in [-0.2, 0) is 19.4 Å². The van der Waals surface area contributed by atoms with E-state index in [-0.39, 0.29) is 34.6 Å². The molecule has 9 heteroatoms. The van der Waals surface area contributed by atoms with Gasteiger partial charge in [0.05, 0.1) is 22.6 Å². The van der Waals surface area contributed by atoms with Crippen LogP contribution in [0.15, 0.2) is 57.5 Å². The normalized spacial score (nSPS) is 22.3. The number of sulfone groups is 1. The fraction of sp³-hybridized carbons (Fsp3) is 0.227. The van der Waals surface area contributed by atoms with Gasteiger partial charge in [-0.05, 0) is 49.3 Å². The van der Waals surface area contributed by atoms with Crippen LogP contribution in [0, 0.1) is 11.3 Å². The van der Waals surface area contributed by atoms with Crippen LogP contribution in [0.2, 0.25) is 5.02 Å². The summed E-state index contributed by atoms with van der Waals surface area (Å²) in [5, 5.41) is 10.0. The van der Waals surface area contributed by atoms with Crippen LogP contribution in [-0.4, -0.2) is 42.7 Å². The van der Waals surface area contributed by atoms with Crippen LogP contribution >= 0.6 is 11.6 Å². The van der Waals surface area contributed by atoms with Gasteiger partial charge in [0.15, 0.2) is 9.84 Å². The third-order valence-corrected chi connectivity index (χ3v) is 7.48. The maximum absolute atomic E-state index is 13.2. The number of hydrogen-bond acceptors (Lipinski definition) is 6. The van der Waals surface area contributed by atoms with Crippen molar-refractivity contribution in [1.29, 1.82) is 5.26 Å². The van der Waals surface area contributed by atoms with Crippen molar-refractivity contribution in [2.45, 2.75) is 19.4 Å². The van der Waals surface area contributed by atoms with Crippen molar-refractivity contribution in [3.8, 4) is 17.4 Å². The van der Waals surface area contributed by atoms with Gasteiger partial charge in [0.25, 0.3) is 11.8 Å². The molecule has 1 aromatic carbocycles. The van der Waals surface area contributed by atoms with Crippen molar-refractivity contribution in [2.24, 2.45) is 0 Å². The van der Waals surface area contributed by atoms with E-state index in [1.807, 2.05) is 12.1 Å². The van der Waals surface area contributed by atoms with Crippen molar-refractivity contribution in [1.82, 2.24) is 4.90 Å². The Labute approximate surface area is 184 Å². The molecule has 1 unspecified atom stereocenters. The van der Waals surface area contributed by atoms with Crippen molar-refractivity contribution >= 4 is 39.3 Å². The molecular formula is C22H17ClN2O5S.